The lowest BCUT2D eigenvalue weighted by atomic mass is 9.97. The lowest BCUT2D eigenvalue weighted by Crippen LogP contribution is -2.47. The molecule has 0 aliphatic carbocycles. The Morgan fingerprint density at radius 2 is 1.95 bits per heavy atom. The minimum atomic E-state index is 0.0232. The van der Waals surface area contributed by atoms with Gasteiger partial charge >= 0.3 is 0 Å². The number of carbonyl (C=O) groups is 1. The van der Waals surface area contributed by atoms with Crippen molar-refractivity contribution in [1.82, 2.24) is 4.90 Å². The molecule has 0 radical (unpaired) electrons. The van der Waals surface area contributed by atoms with Crippen LogP contribution < -0.4 is 10.1 Å². The summed E-state index contributed by atoms with van der Waals surface area (Å²) < 4.78 is 5.25. The SMILES string of the molecule is COc1ccccc1NC(=O)CN1C(C)CCCC1C. The third-order valence-corrected chi connectivity index (χ3v) is 4.08. The number of anilines is 1. The number of hydrogen-bond donors (Lipinski definition) is 1. The van der Waals surface area contributed by atoms with Gasteiger partial charge in [-0.2, -0.15) is 0 Å². The first-order valence-electron chi connectivity index (χ1n) is 7.30. The molecule has 1 N–H and O–H groups in total. The second kappa shape index (κ2) is 6.75. The topological polar surface area (TPSA) is 41.6 Å². The molecular weight excluding hydrogens is 252 g/mol. The van der Waals surface area contributed by atoms with E-state index in [1.165, 1.54) is 19.3 Å². The number of nitrogens with zero attached hydrogens (tertiary/aromatic N) is 1. The van der Waals surface area contributed by atoms with Crippen molar-refractivity contribution in [1.29, 1.82) is 0 Å². The number of benzene rings is 1. The number of likely N-dealkylation sites (tertiary alicyclic amines) is 1. The van der Waals surface area contributed by atoms with Gasteiger partial charge in [0, 0.05) is 12.1 Å². The number of hydrogen-bond acceptors (Lipinski definition) is 3. The highest BCUT2D eigenvalue weighted by Crippen LogP contribution is 2.24. The van der Waals surface area contributed by atoms with Gasteiger partial charge in [0.1, 0.15) is 5.75 Å². The van der Waals surface area contributed by atoms with E-state index in [0.29, 0.717) is 24.4 Å². The van der Waals surface area contributed by atoms with E-state index in [9.17, 15) is 4.79 Å². The van der Waals surface area contributed by atoms with Crippen LogP contribution in [0.5, 0.6) is 5.75 Å². The number of amides is 1. The quantitative estimate of drug-likeness (QED) is 0.919. The van der Waals surface area contributed by atoms with E-state index in [0.717, 1.165) is 5.69 Å². The maximum Gasteiger partial charge on any atom is 0.238 e. The molecule has 1 aromatic carbocycles. The number of carbonyl (C=O) groups excluding carboxylic acids is 1. The fraction of sp³-hybridized carbons (Fsp3) is 0.562. The van der Waals surface area contributed by atoms with Gasteiger partial charge in [-0.15, -0.1) is 0 Å². The molecule has 4 nitrogen and oxygen atoms in total. The van der Waals surface area contributed by atoms with Gasteiger partial charge in [0.15, 0.2) is 0 Å². The molecule has 2 unspecified atom stereocenters. The van der Waals surface area contributed by atoms with Crippen molar-refractivity contribution >= 4 is 11.6 Å². The lowest BCUT2D eigenvalue weighted by Gasteiger charge is -2.38. The molecule has 1 heterocycles. The molecule has 1 amide bonds. The van der Waals surface area contributed by atoms with Crippen molar-refractivity contribution in [2.75, 3.05) is 19.0 Å². The summed E-state index contributed by atoms with van der Waals surface area (Å²) in [6, 6.07) is 8.44. The van der Waals surface area contributed by atoms with Crippen LogP contribution in [0.25, 0.3) is 0 Å². The van der Waals surface area contributed by atoms with Crippen LogP contribution in [0.3, 0.4) is 0 Å². The Bertz CT molecular complexity index is 452. The van der Waals surface area contributed by atoms with Gasteiger partial charge in [0.2, 0.25) is 5.91 Å². The van der Waals surface area contributed by atoms with E-state index >= 15 is 0 Å². The number of rotatable bonds is 4. The zero-order valence-corrected chi connectivity index (χ0v) is 12.6. The first kappa shape index (κ1) is 14.9. The first-order valence-corrected chi connectivity index (χ1v) is 7.30. The number of ether oxygens (including phenoxy) is 1. The van der Waals surface area contributed by atoms with Crippen molar-refractivity contribution < 1.29 is 9.53 Å². The Hall–Kier alpha value is -1.55. The first-order chi connectivity index (χ1) is 9.61. The van der Waals surface area contributed by atoms with Gasteiger partial charge in [0.05, 0.1) is 19.3 Å². The minimum absolute atomic E-state index is 0.0232. The molecule has 110 valence electrons. The van der Waals surface area contributed by atoms with Crippen LogP contribution in [0.1, 0.15) is 33.1 Å². The predicted molar refractivity (Wildman–Crippen MR) is 81.1 cm³/mol. The normalized spacial score (nSPS) is 23.4. The van der Waals surface area contributed by atoms with Crippen LogP contribution in [0.4, 0.5) is 5.69 Å². The number of methoxy groups -OCH3 is 1. The number of nitrogens with one attached hydrogen (secondary N) is 1. The highest BCUT2D eigenvalue weighted by Gasteiger charge is 2.26. The summed E-state index contributed by atoms with van der Waals surface area (Å²) in [5, 5.41) is 2.94. The molecule has 1 saturated heterocycles. The van der Waals surface area contributed by atoms with E-state index in [2.05, 4.69) is 24.1 Å². The standard InChI is InChI=1S/C16H24N2O2/c1-12-7-6-8-13(2)18(12)11-16(19)17-14-9-4-5-10-15(14)20-3/h4-5,9-10,12-13H,6-8,11H2,1-3H3,(H,17,19). The second-order valence-electron chi connectivity index (χ2n) is 5.55. The molecule has 1 aliphatic rings. The van der Waals surface area contributed by atoms with Crippen LogP contribution in [-0.2, 0) is 4.79 Å². The zero-order chi connectivity index (χ0) is 14.5. The Balaban J connectivity index is 1.98. The summed E-state index contributed by atoms with van der Waals surface area (Å²) in [4.78, 5) is 14.5. The summed E-state index contributed by atoms with van der Waals surface area (Å²) >= 11 is 0. The summed E-state index contributed by atoms with van der Waals surface area (Å²) in [5.74, 6) is 0.718. The molecule has 2 atom stereocenters. The summed E-state index contributed by atoms with van der Waals surface area (Å²) in [5.41, 5.74) is 0.734. The number of para-hydroxylation sites is 2. The zero-order valence-electron chi connectivity index (χ0n) is 12.6. The summed E-state index contributed by atoms with van der Waals surface area (Å²) in [6.45, 7) is 4.85. The van der Waals surface area contributed by atoms with Crippen LogP contribution >= 0.6 is 0 Å². The maximum absolute atomic E-state index is 12.2. The average Bonchev–Trinajstić information content (AvgIpc) is 2.44. The van der Waals surface area contributed by atoms with E-state index in [1.54, 1.807) is 7.11 Å². The molecule has 1 aromatic rings. The Labute approximate surface area is 121 Å². The largest absolute Gasteiger partial charge is 0.495 e. The van der Waals surface area contributed by atoms with Gasteiger partial charge in [0.25, 0.3) is 0 Å². The molecular formula is C16H24N2O2. The van der Waals surface area contributed by atoms with Gasteiger partial charge in [-0.05, 0) is 38.8 Å². The van der Waals surface area contributed by atoms with Crippen LogP contribution in [0.2, 0.25) is 0 Å². The van der Waals surface area contributed by atoms with Crippen molar-refractivity contribution in [3.8, 4) is 5.75 Å². The summed E-state index contributed by atoms with van der Waals surface area (Å²) in [6.07, 6.45) is 3.60. The smallest absolute Gasteiger partial charge is 0.238 e. The summed E-state index contributed by atoms with van der Waals surface area (Å²) in [7, 11) is 1.61. The molecule has 0 saturated carbocycles. The van der Waals surface area contributed by atoms with Gasteiger partial charge in [-0.25, -0.2) is 0 Å². The minimum Gasteiger partial charge on any atom is -0.495 e. The van der Waals surface area contributed by atoms with Crippen molar-refractivity contribution in [3.05, 3.63) is 24.3 Å². The monoisotopic (exact) mass is 276 g/mol. The van der Waals surface area contributed by atoms with Crippen molar-refractivity contribution in [3.63, 3.8) is 0 Å². The molecule has 20 heavy (non-hydrogen) atoms. The van der Waals surface area contributed by atoms with Crippen molar-refractivity contribution in [2.45, 2.75) is 45.2 Å². The Kier molecular flexibility index (Phi) is 5.01. The third kappa shape index (κ3) is 3.51. The Morgan fingerprint density at radius 1 is 1.30 bits per heavy atom. The van der Waals surface area contributed by atoms with E-state index < -0.39 is 0 Å². The molecule has 0 bridgehead atoms. The maximum atomic E-state index is 12.2. The molecule has 1 fully saturated rings. The number of piperidine rings is 1. The highest BCUT2D eigenvalue weighted by molar-refractivity contribution is 5.93. The molecule has 0 aromatic heterocycles. The van der Waals surface area contributed by atoms with Gasteiger partial charge in [-0.1, -0.05) is 18.6 Å². The van der Waals surface area contributed by atoms with Crippen LogP contribution in [0, 0.1) is 0 Å². The Morgan fingerprint density at radius 3 is 2.60 bits per heavy atom. The lowest BCUT2D eigenvalue weighted by molar-refractivity contribution is -0.118. The van der Waals surface area contributed by atoms with E-state index in [4.69, 9.17) is 4.74 Å². The average molecular weight is 276 g/mol. The fourth-order valence-electron chi connectivity index (χ4n) is 2.89. The van der Waals surface area contributed by atoms with E-state index in [1.807, 2.05) is 24.3 Å². The molecule has 4 heteroatoms. The van der Waals surface area contributed by atoms with Crippen LogP contribution in [0.15, 0.2) is 24.3 Å². The second-order valence-corrected chi connectivity index (χ2v) is 5.55. The van der Waals surface area contributed by atoms with Crippen LogP contribution in [-0.4, -0.2) is 36.5 Å². The van der Waals surface area contributed by atoms with E-state index in [-0.39, 0.29) is 5.91 Å². The fourth-order valence-corrected chi connectivity index (χ4v) is 2.89. The third-order valence-electron chi connectivity index (χ3n) is 4.08. The molecule has 2 rings (SSSR count). The van der Waals surface area contributed by atoms with Gasteiger partial charge in [-0.3, -0.25) is 9.69 Å². The molecule has 1 aliphatic heterocycles. The predicted octanol–water partition coefficient (Wildman–Crippen LogP) is 2.90. The van der Waals surface area contributed by atoms with Gasteiger partial charge < -0.3 is 10.1 Å². The highest BCUT2D eigenvalue weighted by atomic mass is 16.5. The van der Waals surface area contributed by atoms with Crippen molar-refractivity contribution in [2.24, 2.45) is 0 Å². The molecule has 0 spiro atoms.